The number of imidazole rings is 1. The number of nitrogens with one attached hydrogen (secondary N) is 1. The molecule has 0 saturated carbocycles. The maximum atomic E-state index is 4.47. The first kappa shape index (κ1) is 11.2. The van der Waals surface area contributed by atoms with Crippen LogP contribution in [0.3, 0.4) is 0 Å². The van der Waals surface area contributed by atoms with Crippen molar-refractivity contribution >= 4 is 0 Å². The van der Waals surface area contributed by atoms with Gasteiger partial charge in [0.2, 0.25) is 0 Å². The molecule has 0 spiro atoms. The first-order chi connectivity index (χ1) is 8.38. The molecule has 2 aliphatic heterocycles. The van der Waals surface area contributed by atoms with Crippen molar-refractivity contribution in [3.8, 4) is 0 Å². The van der Waals surface area contributed by atoms with Gasteiger partial charge >= 0.3 is 0 Å². The summed E-state index contributed by atoms with van der Waals surface area (Å²) < 4.78 is 2.35. The number of aromatic nitrogens is 2. The molecule has 0 amide bonds. The topological polar surface area (TPSA) is 33.1 Å². The fraction of sp³-hybridized carbons (Fsp3) is 0.769. The van der Waals surface area contributed by atoms with Gasteiger partial charge in [-0.15, -0.1) is 0 Å². The molecule has 1 aromatic heterocycles. The summed E-state index contributed by atoms with van der Waals surface area (Å²) in [4.78, 5) is 7.14. The Balaban J connectivity index is 1.74. The molecule has 0 aromatic carbocycles. The van der Waals surface area contributed by atoms with E-state index in [-0.39, 0.29) is 0 Å². The SMILES string of the molecule is CNCc1cn(C2CCN3CCCCC23)cn1. The van der Waals surface area contributed by atoms with Crippen LogP contribution in [-0.2, 0) is 6.54 Å². The van der Waals surface area contributed by atoms with E-state index in [4.69, 9.17) is 0 Å². The third-order valence-electron chi connectivity index (χ3n) is 4.22. The van der Waals surface area contributed by atoms with Crippen molar-refractivity contribution in [1.82, 2.24) is 19.8 Å². The summed E-state index contributed by atoms with van der Waals surface area (Å²) in [5.41, 5.74) is 1.15. The molecule has 2 aliphatic rings. The van der Waals surface area contributed by atoms with Gasteiger partial charge in [0.15, 0.2) is 0 Å². The monoisotopic (exact) mass is 234 g/mol. The number of piperidine rings is 1. The predicted molar refractivity (Wildman–Crippen MR) is 67.9 cm³/mol. The summed E-state index contributed by atoms with van der Waals surface area (Å²) in [5, 5.41) is 3.16. The molecular formula is C13H22N4. The second-order valence-corrected chi connectivity index (χ2v) is 5.30. The van der Waals surface area contributed by atoms with Crippen molar-refractivity contribution < 1.29 is 0 Å². The largest absolute Gasteiger partial charge is 0.332 e. The van der Waals surface area contributed by atoms with E-state index < -0.39 is 0 Å². The van der Waals surface area contributed by atoms with Crippen LogP contribution in [0.5, 0.6) is 0 Å². The van der Waals surface area contributed by atoms with Gasteiger partial charge in [0.25, 0.3) is 0 Å². The van der Waals surface area contributed by atoms with Gasteiger partial charge in [-0.25, -0.2) is 4.98 Å². The highest BCUT2D eigenvalue weighted by Crippen LogP contribution is 2.34. The number of nitrogens with zero attached hydrogens (tertiary/aromatic N) is 3. The molecule has 17 heavy (non-hydrogen) atoms. The van der Waals surface area contributed by atoms with E-state index in [0.717, 1.165) is 18.3 Å². The molecule has 0 aliphatic carbocycles. The molecule has 3 rings (SSSR count). The summed E-state index contributed by atoms with van der Waals surface area (Å²) >= 11 is 0. The fourth-order valence-electron chi connectivity index (χ4n) is 3.40. The third kappa shape index (κ3) is 2.11. The van der Waals surface area contributed by atoms with Crippen LogP contribution < -0.4 is 5.32 Å². The second kappa shape index (κ2) is 4.78. The van der Waals surface area contributed by atoms with Gasteiger partial charge in [0.05, 0.1) is 18.1 Å². The third-order valence-corrected chi connectivity index (χ3v) is 4.22. The first-order valence-electron chi connectivity index (χ1n) is 6.79. The van der Waals surface area contributed by atoms with Gasteiger partial charge in [-0.1, -0.05) is 6.42 Å². The summed E-state index contributed by atoms with van der Waals surface area (Å²) in [6.07, 6.45) is 9.69. The van der Waals surface area contributed by atoms with Crippen LogP contribution in [-0.4, -0.2) is 40.6 Å². The van der Waals surface area contributed by atoms with Gasteiger partial charge in [0.1, 0.15) is 0 Å². The van der Waals surface area contributed by atoms with Crippen LogP contribution in [0.15, 0.2) is 12.5 Å². The fourth-order valence-corrected chi connectivity index (χ4v) is 3.40. The predicted octanol–water partition coefficient (Wildman–Crippen LogP) is 1.40. The lowest BCUT2D eigenvalue weighted by Crippen LogP contribution is -2.37. The Labute approximate surface area is 103 Å². The minimum absolute atomic E-state index is 0.661. The lowest BCUT2D eigenvalue weighted by Gasteiger charge is -2.32. The summed E-state index contributed by atoms with van der Waals surface area (Å²) in [7, 11) is 1.97. The molecule has 2 fully saturated rings. The Morgan fingerprint density at radius 1 is 1.29 bits per heavy atom. The highest BCUT2D eigenvalue weighted by atomic mass is 15.2. The van der Waals surface area contributed by atoms with Crippen LogP contribution in [0.1, 0.15) is 37.4 Å². The molecule has 94 valence electrons. The van der Waals surface area contributed by atoms with Crippen molar-refractivity contribution in [1.29, 1.82) is 0 Å². The highest BCUT2D eigenvalue weighted by Gasteiger charge is 2.36. The van der Waals surface area contributed by atoms with E-state index in [1.807, 2.05) is 13.4 Å². The average molecular weight is 234 g/mol. The van der Waals surface area contributed by atoms with E-state index in [2.05, 4.69) is 26.0 Å². The average Bonchev–Trinajstić information content (AvgIpc) is 2.95. The second-order valence-electron chi connectivity index (χ2n) is 5.30. The minimum Gasteiger partial charge on any atom is -0.332 e. The molecular weight excluding hydrogens is 212 g/mol. The van der Waals surface area contributed by atoms with Crippen molar-refractivity contribution in [3.05, 3.63) is 18.2 Å². The van der Waals surface area contributed by atoms with E-state index >= 15 is 0 Å². The van der Waals surface area contributed by atoms with Crippen molar-refractivity contribution in [2.45, 2.75) is 44.3 Å². The van der Waals surface area contributed by atoms with E-state index in [0.29, 0.717) is 6.04 Å². The summed E-state index contributed by atoms with van der Waals surface area (Å²) in [6.45, 7) is 3.45. The number of hydrogen-bond donors (Lipinski definition) is 1. The zero-order chi connectivity index (χ0) is 11.7. The van der Waals surface area contributed by atoms with Crippen LogP contribution in [0.2, 0.25) is 0 Å². The molecule has 3 heterocycles. The zero-order valence-electron chi connectivity index (χ0n) is 10.6. The molecule has 1 aromatic rings. The summed E-state index contributed by atoms with van der Waals surface area (Å²) in [6, 6.07) is 1.42. The van der Waals surface area contributed by atoms with Crippen LogP contribution in [0.25, 0.3) is 0 Å². The Kier molecular flexibility index (Phi) is 3.16. The van der Waals surface area contributed by atoms with Gasteiger partial charge in [-0.2, -0.15) is 0 Å². The van der Waals surface area contributed by atoms with E-state index in [9.17, 15) is 0 Å². The minimum atomic E-state index is 0.661. The van der Waals surface area contributed by atoms with Gasteiger partial charge in [0, 0.05) is 25.3 Å². The van der Waals surface area contributed by atoms with Gasteiger partial charge in [-0.05, 0) is 32.9 Å². The molecule has 0 radical (unpaired) electrons. The van der Waals surface area contributed by atoms with Crippen LogP contribution in [0.4, 0.5) is 0 Å². The van der Waals surface area contributed by atoms with E-state index in [1.54, 1.807) is 0 Å². The molecule has 2 unspecified atom stereocenters. The van der Waals surface area contributed by atoms with Gasteiger partial charge in [-0.3, -0.25) is 4.90 Å². The quantitative estimate of drug-likeness (QED) is 0.858. The van der Waals surface area contributed by atoms with Crippen LogP contribution >= 0.6 is 0 Å². The Morgan fingerprint density at radius 2 is 2.24 bits per heavy atom. The zero-order valence-corrected chi connectivity index (χ0v) is 10.6. The summed E-state index contributed by atoms with van der Waals surface area (Å²) in [5.74, 6) is 0. The maximum absolute atomic E-state index is 4.47. The van der Waals surface area contributed by atoms with Crippen molar-refractivity contribution in [3.63, 3.8) is 0 Å². The number of rotatable bonds is 3. The number of fused-ring (bicyclic) bond motifs is 1. The molecule has 0 bridgehead atoms. The Bertz CT molecular complexity index is 373. The number of hydrogen-bond acceptors (Lipinski definition) is 3. The lowest BCUT2D eigenvalue weighted by molar-refractivity contribution is 0.173. The van der Waals surface area contributed by atoms with Crippen molar-refractivity contribution in [2.24, 2.45) is 0 Å². The molecule has 2 atom stereocenters. The van der Waals surface area contributed by atoms with Crippen LogP contribution in [0, 0.1) is 0 Å². The Morgan fingerprint density at radius 3 is 3.12 bits per heavy atom. The van der Waals surface area contributed by atoms with Gasteiger partial charge < -0.3 is 9.88 Å². The molecule has 4 heteroatoms. The normalized spacial score (nSPS) is 29.5. The molecule has 2 saturated heterocycles. The standard InChI is InChI=1S/C13H22N4/c1-14-8-11-9-17(10-15-11)13-5-7-16-6-3-2-4-12(13)16/h9-10,12-14H,2-8H2,1H3. The first-order valence-corrected chi connectivity index (χ1v) is 6.79. The Hall–Kier alpha value is -0.870. The molecule has 1 N–H and O–H groups in total. The highest BCUT2D eigenvalue weighted by molar-refractivity contribution is 5.02. The lowest BCUT2D eigenvalue weighted by atomic mass is 9.99. The smallest absolute Gasteiger partial charge is 0.0953 e. The van der Waals surface area contributed by atoms with E-state index in [1.165, 1.54) is 38.8 Å². The van der Waals surface area contributed by atoms with Crippen molar-refractivity contribution in [2.75, 3.05) is 20.1 Å². The maximum Gasteiger partial charge on any atom is 0.0953 e. The molecule has 4 nitrogen and oxygen atoms in total.